The lowest BCUT2D eigenvalue weighted by atomic mass is 10.2. The molecule has 0 bridgehead atoms. The highest BCUT2D eigenvalue weighted by atomic mass is 32.2. The summed E-state index contributed by atoms with van der Waals surface area (Å²) in [6.07, 6.45) is 0. The first-order valence-corrected chi connectivity index (χ1v) is 8.84. The van der Waals surface area contributed by atoms with Crippen LogP contribution < -0.4 is 5.32 Å². The molecule has 0 radical (unpaired) electrons. The van der Waals surface area contributed by atoms with Crippen molar-refractivity contribution >= 4 is 29.0 Å². The second kappa shape index (κ2) is 7.88. The van der Waals surface area contributed by atoms with E-state index < -0.39 is 10.8 Å². The first-order chi connectivity index (χ1) is 12.5. The SMILES string of the molecule is Cc1ccc(NC(=O)c2ccc(CSc3ccccc3)o2)c([N+](=O)[O-])c1. The summed E-state index contributed by atoms with van der Waals surface area (Å²) in [5, 5.41) is 13.7. The van der Waals surface area contributed by atoms with Gasteiger partial charge in [0.1, 0.15) is 11.4 Å². The molecule has 0 unspecified atom stereocenters. The van der Waals surface area contributed by atoms with Gasteiger partial charge in [0, 0.05) is 11.0 Å². The zero-order valence-electron chi connectivity index (χ0n) is 14.0. The highest BCUT2D eigenvalue weighted by molar-refractivity contribution is 7.98. The number of carbonyl (C=O) groups is 1. The maximum atomic E-state index is 12.3. The number of thioether (sulfide) groups is 1. The minimum absolute atomic E-state index is 0.114. The third-order valence-corrected chi connectivity index (χ3v) is 4.64. The van der Waals surface area contributed by atoms with Crippen molar-refractivity contribution in [1.82, 2.24) is 0 Å². The monoisotopic (exact) mass is 368 g/mol. The Morgan fingerprint density at radius 2 is 1.92 bits per heavy atom. The van der Waals surface area contributed by atoms with Gasteiger partial charge < -0.3 is 9.73 Å². The fourth-order valence-electron chi connectivity index (χ4n) is 2.33. The number of furan rings is 1. The van der Waals surface area contributed by atoms with Crippen LogP contribution in [0.15, 0.2) is 70.0 Å². The van der Waals surface area contributed by atoms with E-state index in [2.05, 4.69) is 5.32 Å². The van der Waals surface area contributed by atoms with E-state index in [1.54, 1.807) is 36.9 Å². The molecule has 1 amide bonds. The molecule has 3 aromatic rings. The summed E-state index contributed by atoms with van der Waals surface area (Å²) >= 11 is 1.60. The van der Waals surface area contributed by atoms with Gasteiger partial charge >= 0.3 is 0 Å². The number of aryl methyl sites for hydroxylation is 1. The molecule has 7 heteroatoms. The minimum Gasteiger partial charge on any atom is -0.455 e. The summed E-state index contributed by atoms with van der Waals surface area (Å²) in [6.45, 7) is 1.75. The molecule has 0 saturated carbocycles. The van der Waals surface area contributed by atoms with Gasteiger partial charge in [-0.3, -0.25) is 14.9 Å². The number of hydrogen-bond donors (Lipinski definition) is 1. The van der Waals surface area contributed by atoms with Crippen LogP contribution in [0.5, 0.6) is 0 Å². The Balaban J connectivity index is 1.68. The minimum atomic E-state index is -0.521. The molecule has 0 saturated heterocycles. The molecule has 0 fully saturated rings. The van der Waals surface area contributed by atoms with Crippen LogP contribution in [0, 0.1) is 17.0 Å². The van der Waals surface area contributed by atoms with E-state index in [4.69, 9.17) is 4.42 Å². The molecule has 0 spiro atoms. The predicted molar refractivity (Wildman–Crippen MR) is 100 cm³/mol. The van der Waals surface area contributed by atoms with Gasteiger partial charge in [0.2, 0.25) is 0 Å². The van der Waals surface area contributed by atoms with E-state index in [-0.39, 0.29) is 17.1 Å². The third kappa shape index (κ3) is 4.31. The van der Waals surface area contributed by atoms with Crippen molar-refractivity contribution in [1.29, 1.82) is 0 Å². The first kappa shape index (κ1) is 17.8. The van der Waals surface area contributed by atoms with Crippen molar-refractivity contribution in [2.45, 2.75) is 17.6 Å². The molecule has 6 nitrogen and oxygen atoms in total. The Hall–Kier alpha value is -3.06. The standard InChI is InChI=1S/C19H16N2O4S/c1-13-7-9-16(17(11-13)21(23)24)20-19(22)18-10-8-14(25-18)12-26-15-5-3-2-4-6-15/h2-11H,12H2,1H3,(H,20,22). The molecule has 0 aliphatic rings. The number of rotatable bonds is 6. The van der Waals surface area contributed by atoms with Crippen molar-refractivity contribution in [3.63, 3.8) is 0 Å². The maximum absolute atomic E-state index is 12.3. The molecule has 2 aromatic carbocycles. The maximum Gasteiger partial charge on any atom is 0.293 e. The van der Waals surface area contributed by atoms with Crippen LogP contribution >= 0.6 is 11.8 Å². The van der Waals surface area contributed by atoms with Crippen LogP contribution in [0.25, 0.3) is 0 Å². The number of amides is 1. The Morgan fingerprint density at radius 3 is 2.65 bits per heavy atom. The molecule has 0 aliphatic heterocycles. The number of nitrogens with one attached hydrogen (secondary N) is 1. The van der Waals surface area contributed by atoms with E-state index in [0.717, 1.165) is 10.5 Å². The lowest BCUT2D eigenvalue weighted by molar-refractivity contribution is -0.384. The van der Waals surface area contributed by atoms with Crippen LogP contribution in [0.1, 0.15) is 21.9 Å². The summed E-state index contributed by atoms with van der Waals surface area (Å²) in [6, 6.07) is 17.8. The van der Waals surface area contributed by atoms with Crippen molar-refractivity contribution in [3.05, 3.63) is 87.9 Å². The molecule has 0 aliphatic carbocycles. The Morgan fingerprint density at radius 1 is 1.15 bits per heavy atom. The Kier molecular flexibility index (Phi) is 5.38. The van der Waals surface area contributed by atoms with E-state index in [9.17, 15) is 14.9 Å². The van der Waals surface area contributed by atoms with Crippen molar-refractivity contribution < 1.29 is 14.1 Å². The average Bonchev–Trinajstić information content (AvgIpc) is 3.11. The number of nitro groups is 1. The van der Waals surface area contributed by atoms with Gasteiger partial charge in [-0.25, -0.2) is 0 Å². The number of benzene rings is 2. The molecule has 0 atom stereocenters. The molecule has 3 rings (SSSR count). The number of carbonyl (C=O) groups excluding carboxylic acids is 1. The molecule has 1 aromatic heterocycles. The predicted octanol–water partition coefficient (Wildman–Crippen LogP) is 5.04. The quantitative estimate of drug-likeness (QED) is 0.374. The van der Waals surface area contributed by atoms with Crippen LogP contribution in [0.4, 0.5) is 11.4 Å². The van der Waals surface area contributed by atoms with Gasteiger partial charge in [-0.2, -0.15) is 0 Å². The molecule has 1 N–H and O–H groups in total. The topological polar surface area (TPSA) is 85.4 Å². The number of hydrogen-bond acceptors (Lipinski definition) is 5. The lowest BCUT2D eigenvalue weighted by Gasteiger charge is -2.05. The number of nitro benzene ring substituents is 1. The summed E-state index contributed by atoms with van der Waals surface area (Å²) in [5.74, 6) is 0.834. The smallest absolute Gasteiger partial charge is 0.293 e. The molecule has 1 heterocycles. The van der Waals surface area contributed by atoms with Gasteiger partial charge in [-0.15, -0.1) is 11.8 Å². The summed E-state index contributed by atoms with van der Waals surface area (Å²) in [5.41, 5.74) is 0.736. The van der Waals surface area contributed by atoms with Crippen LogP contribution in [0.2, 0.25) is 0 Å². The lowest BCUT2D eigenvalue weighted by Crippen LogP contribution is -2.12. The highest BCUT2D eigenvalue weighted by Crippen LogP contribution is 2.27. The second-order valence-electron chi connectivity index (χ2n) is 5.60. The fourth-order valence-corrected chi connectivity index (χ4v) is 3.14. The van der Waals surface area contributed by atoms with Crippen molar-refractivity contribution in [2.24, 2.45) is 0 Å². The highest BCUT2D eigenvalue weighted by Gasteiger charge is 2.18. The van der Waals surface area contributed by atoms with E-state index >= 15 is 0 Å². The Labute approximate surface area is 154 Å². The van der Waals surface area contributed by atoms with Gasteiger partial charge in [0.05, 0.1) is 10.7 Å². The molecular formula is C19H16N2O4S. The number of nitrogens with zero attached hydrogens (tertiary/aromatic N) is 1. The molecular weight excluding hydrogens is 352 g/mol. The van der Waals surface area contributed by atoms with E-state index in [1.807, 2.05) is 30.3 Å². The van der Waals surface area contributed by atoms with Crippen LogP contribution in [-0.4, -0.2) is 10.8 Å². The molecule has 26 heavy (non-hydrogen) atoms. The summed E-state index contributed by atoms with van der Waals surface area (Å²) in [4.78, 5) is 24.1. The van der Waals surface area contributed by atoms with Crippen molar-refractivity contribution in [3.8, 4) is 0 Å². The second-order valence-corrected chi connectivity index (χ2v) is 6.65. The Bertz CT molecular complexity index is 938. The largest absolute Gasteiger partial charge is 0.455 e. The van der Waals surface area contributed by atoms with Gasteiger partial charge in [-0.05, 0) is 42.8 Å². The molecule has 132 valence electrons. The third-order valence-electron chi connectivity index (χ3n) is 3.61. The van der Waals surface area contributed by atoms with E-state index in [1.165, 1.54) is 12.1 Å². The average molecular weight is 368 g/mol. The zero-order chi connectivity index (χ0) is 18.5. The first-order valence-electron chi connectivity index (χ1n) is 7.86. The fraction of sp³-hybridized carbons (Fsp3) is 0.105. The summed E-state index contributed by atoms with van der Waals surface area (Å²) < 4.78 is 5.56. The van der Waals surface area contributed by atoms with Crippen LogP contribution in [0.3, 0.4) is 0 Å². The zero-order valence-corrected chi connectivity index (χ0v) is 14.8. The van der Waals surface area contributed by atoms with Gasteiger partial charge in [0.25, 0.3) is 11.6 Å². The van der Waals surface area contributed by atoms with Gasteiger partial charge in [-0.1, -0.05) is 24.3 Å². The normalized spacial score (nSPS) is 10.5. The van der Waals surface area contributed by atoms with Crippen LogP contribution in [-0.2, 0) is 5.75 Å². The van der Waals surface area contributed by atoms with E-state index in [0.29, 0.717) is 11.5 Å². The summed E-state index contributed by atoms with van der Waals surface area (Å²) in [7, 11) is 0. The van der Waals surface area contributed by atoms with Gasteiger partial charge in [0.15, 0.2) is 5.76 Å². The van der Waals surface area contributed by atoms with Crippen molar-refractivity contribution in [2.75, 3.05) is 5.32 Å². The number of anilines is 1.